The molecular formula is C11H12FNO4. The third-order valence-electron chi connectivity index (χ3n) is 2.17. The average Bonchev–Trinajstić information content (AvgIpc) is 2.25. The molecule has 5 nitrogen and oxygen atoms in total. The van der Waals surface area contributed by atoms with Crippen LogP contribution in [0.25, 0.3) is 0 Å². The van der Waals surface area contributed by atoms with Gasteiger partial charge in [0.05, 0.1) is 6.42 Å². The first-order valence-electron chi connectivity index (χ1n) is 4.92. The molecule has 1 aromatic carbocycles. The Bertz CT molecular complexity index is 422. The molecule has 17 heavy (non-hydrogen) atoms. The summed E-state index contributed by atoms with van der Waals surface area (Å²) in [6.07, 6.45) is -0.552. The van der Waals surface area contributed by atoms with Gasteiger partial charge >= 0.3 is 11.9 Å². The molecule has 0 aliphatic heterocycles. The van der Waals surface area contributed by atoms with Crippen LogP contribution in [0.1, 0.15) is 12.0 Å². The van der Waals surface area contributed by atoms with Crippen molar-refractivity contribution < 1.29 is 24.2 Å². The van der Waals surface area contributed by atoms with Crippen LogP contribution < -0.4 is 5.32 Å². The van der Waals surface area contributed by atoms with E-state index in [1.807, 2.05) is 0 Å². The van der Waals surface area contributed by atoms with Crippen LogP contribution in [-0.4, -0.2) is 28.2 Å². The Hall–Kier alpha value is -1.95. The molecule has 0 aromatic heterocycles. The summed E-state index contributed by atoms with van der Waals surface area (Å²) in [6.45, 7) is -0.0308. The van der Waals surface area contributed by atoms with E-state index < -0.39 is 30.2 Å². The smallest absolute Gasteiger partial charge is 0.321 e. The SMILES string of the molecule is O=C(O)CC(NCc1ccccc1F)C(=O)O. The van der Waals surface area contributed by atoms with E-state index in [0.717, 1.165) is 0 Å². The van der Waals surface area contributed by atoms with Crippen LogP contribution in [0.4, 0.5) is 4.39 Å². The van der Waals surface area contributed by atoms with Gasteiger partial charge in [-0.15, -0.1) is 0 Å². The van der Waals surface area contributed by atoms with Crippen molar-refractivity contribution in [2.24, 2.45) is 0 Å². The lowest BCUT2D eigenvalue weighted by atomic mass is 10.1. The average molecular weight is 241 g/mol. The van der Waals surface area contributed by atoms with Gasteiger partial charge in [-0.1, -0.05) is 18.2 Å². The van der Waals surface area contributed by atoms with E-state index in [1.54, 1.807) is 6.07 Å². The van der Waals surface area contributed by atoms with E-state index >= 15 is 0 Å². The van der Waals surface area contributed by atoms with Gasteiger partial charge in [0.25, 0.3) is 0 Å². The Balaban J connectivity index is 2.61. The normalized spacial score (nSPS) is 12.1. The van der Waals surface area contributed by atoms with Crippen LogP contribution in [0.15, 0.2) is 24.3 Å². The van der Waals surface area contributed by atoms with Crippen LogP contribution in [-0.2, 0) is 16.1 Å². The second-order valence-corrected chi connectivity index (χ2v) is 3.46. The lowest BCUT2D eigenvalue weighted by Gasteiger charge is -2.12. The van der Waals surface area contributed by atoms with Gasteiger partial charge in [0.1, 0.15) is 11.9 Å². The molecule has 0 spiro atoms. The number of hydrogen-bond acceptors (Lipinski definition) is 3. The first kappa shape index (κ1) is 13.1. The maximum absolute atomic E-state index is 13.2. The number of rotatable bonds is 6. The van der Waals surface area contributed by atoms with Gasteiger partial charge in [0.2, 0.25) is 0 Å². The summed E-state index contributed by atoms with van der Waals surface area (Å²) in [4.78, 5) is 21.1. The number of carbonyl (C=O) groups is 2. The van der Waals surface area contributed by atoms with Gasteiger partial charge in [-0.05, 0) is 6.07 Å². The maximum Gasteiger partial charge on any atom is 0.321 e. The minimum absolute atomic E-state index is 0.0308. The van der Waals surface area contributed by atoms with Crippen LogP contribution in [0, 0.1) is 5.82 Å². The molecule has 92 valence electrons. The summed E-state index contributed by atoms with van der Waals surface area (Å²) in [7, 11) is 0. The van der Waals surface area contributed by atoms with Crippen molar-refractivity contribution in [1.82, 2.24) is 5.32 Å². The molecule has 0 heterocycles. The van der Waals surface area contributed by atoms with Crippen LogP contribution in [0.2, 0.25) is 0 Å². The number of halogens is 1. The second-order valence-electron chi connectivity index (χ2n) is 3.46. The Labute approximate surface area is 96.9 Å². The number of carboxylic acid groups (broad SMARTS) is 2. The molecule has 1 unspecified atom stereocenters. The Kier molecular flexibility index (Phi) is 4.59. The van der Waals surface area contributed by atoms with Crippen LogP contribution >= 0.6 is 0 Å². The monoisotopic (exact) mass is 241 g/mol. The number of hydrogen-bond donors (Lipinski definition) is 3. The third kappa shape index (κ3) is 4.20. The van der Waals surface area contributed by atoms with Gasteiger partial charge in [-0.3, -0.25) is 14.9 Å². The van der Waals surface area contributed by atoms with E-state index in [-0.39, 0.29) is 6.54 Å². The first-order valence-corrected chi connectivity index (χ1v) is 4.92. The van der Waals surface area contributed by atoms with Gasteiger partial charge in [-0.25, -0.2) is 4.39 Å². The van der Waals surface area contributed by atoms with Crippen molar-refractivity contribution in [1.29, 1.82) is 0 Å². The molecule has 0 radical (unpaired) electrons. The summed E-state index contributed by atoms with van der Waals surface area (Å²) < 4.78 is 13.2. The highest BCUT2D eigenvalue weighted by atomic mass is 19.1. The van der Waals surface area contributed by atoms with E-state index in [1.165, 1.54) is 18.2 Å². The van der Waals surface area contributed by atoms with Gasteiger partial charge in [0, 0.05) is 12.1 Å². The quantitative estimate of drug-likeness (QED) is 0.687. The van der Waals surface area contributed by atoms with Crippen molar-refractivity contribution in [3.63, 3.8) is 0 Å². The summed E-state index contributed by atoms with van der Waals surface area (Å²) in [5.41, 5.74) is 0.295. The first-order chi connectivity index (χ1) is 8.00. The fraction of sp³-hybridized carbons (Fsp3) is 0.273. The van der Waals surface area contributed by atoms with Crippen molar-refractivity contribution in [2.75, 3.05) is 0 Å². The predicted molar refractivity (Wildman–Crippen MR) is 56.9 cm³/mol. The highest BCUT2D eigenvalue weighted by molar-refractivity contribution is 5.80. The molecule has 0 fully saturated rings. The van der Waals surface area contributed by atoms with E-state index in [0.29, 0.717) is 5.56 Å². The molecule has 1 aromatic rings. The number of benzene rings is 1. The lowest BCUT2D eigenvalue weighted by molar-refractivity contribution is -0.146. The van der Waals surface area contributed by atoms with Crippen molar-refractivity contribution in [3.05, 3.63) is 35.6 Å². The molecule has 3 N–H and O–H groups in total. The molecule has 6 heteroatoms. The summed E-state index contributed by atoms with van der Waals surface area (Å²) in [5.74, 6) is -2.96. The molecule has 0 amide bonds. The predicted octanol–water partition coefficient (Wildman–Crippen LogP) is 0.843. The van der Waals surface area contributed by atoms with Crippen LogP contribution in [0.3, 0.4) is 0 Å². The topological polar surface area (TPSA) is 86.6 Å². The molecule has 0 saturated heterocycles. The van der Waals surface area contributed by atoms with Gasteiger partial charge < -0.3 is 10.2 Å². The second kappa shape index (κ2) is 5.95. The van der Waals surface area contributed by atoms with Crippen molar-refractivity contribution in [2.45, 2.75) is 19.0 Å². The molecule has 0 aliphatic rings. The van der Waals surface area contributed by atoms with E-state index in [2.05, 4.69) is 5.32 Å². The highest BCUT2D eigenvalue weighted by Gasteiger charge is 2.20. The molecule has 0 saturated carbocycles. The zero-order chi connectivity index (χ0) is 12.8. The largest absolute Gasteiger partial charge is 0.481 e. The minimum atomic E-state index is -1.27. The Morgan fingerprint density at radius 1 is 1.29 bits per heavy atom. The molecule has 1 rings (SSSR count). The van der Waals surface area contributed by atoms with Crippen molar-refractivity contribution in [3.8, 4) is 0 Å². The molecule has 1 atom stereocenters. The number of carboxylic acids is 2. The molecular weight excluding hydrogens is 229 g/mol. The molecule has 0 aliphatic carbocycles. The van der Waals surface area contributed by atoms with Crippen LogP contribution in [0.5, 0.6) is 0 Å². The van der Waals surface area contributed by atoms with Gasteiger partial charge in [0.15, 0.2) is 0 Å². The van der Waals surface area contributed by atoms with E-state index in [9.17, 15) is 14.0 Å². The third-order valence-corrected chi connectivity index (χ3v) is 2.17. The summed E-state index contributed by atoms with van der Waals surface area (Å²) in [5, 5.41) is 19.7. The zero-order valence-electron chi connectivity index (χ0n) is 8.89. The fourth-order valence-corrected chi connectivity index (χ4v) is 1.30. The Morgan fingerprint density at radius 3 is 2.47 bits per heavy atom. The van der Waals surface area contributed by atoms with Gasteiger partial charge in [-0.2, -0.15) is 0 Å². The highest BCUT2D eigenvalue weighted by Crippen LogP contribution is 2.06. The zero-order valence-corrected chi connectivity index (χ0v) is 8.89. The maximum atomic E-state index is 13.2. The minimum Gasteiger partial charge on any atom is -0.481 e. The number of aliphatic carboxylic acids is 2. The summed E-state index contributed by atoms with van der Waals surface area (Å²) >= 11 is 0. The van der Waals surface area contributed by atoms with E-state index in [4.69, 9.17) is 10.2 Å². The molecule has 0 bridgehead atoms. The Morgan fingerprint density at radius 2 is 1.94 bits per heavy atom. The number of nitrogens with one attached hydrogen (secondary N) is 1. The summed E-state index contributed by atoms with van der Waals surface area (Å²) in [6, 6.07) is 4.66. The standard InChI is InChI=1S/C11H12FNO4/c12-8-4-2-1-3-7(8)6-13-9(11(16)17)5-10(14)15/h1-4,9,13H,5-6H2,(H,14,15)(H,16,17). The van der Waals surface area contributed by atoms with Crippen molar-refractivity contribution >= 4 is 11.9 Å². The lowest BCUT2D eigenvalue weighted by Crippen LogP contribution is -2.38. The fourth-order valence-electron chi connectivity index (χ4n) is 1.30.